The molecule has 0 bridgehead atoms. The van der Waals surface area contributed by atoms with Gasteiger partial charge in [-0.2, -0.15) is 0 Å². The van der Waals surface area contributed by atoms with Crippen molar-refractivity contribution in [2.45, 2.75) is 26.8 Å². The van der Waals surface area contributed by atoms with Gasteiger partial charge in [0.1, 0.15) is 6.26 Å². The summed E-state index contributed by atoms with van der Waals surface area (Å²) >= 11 is 1.58. The maximum atomic E-state index is 11.5. The maximum absolute atomic E-state index is 11.5. The minimum atomic E-state index is 0.0469. The quantitative estimate of drug-likeness (QED) is 0.903. The highest BCUT2D eigenvalue weighted by Crippen LogP contribution is 2.23. The minimum absolute atomic E-state index is 0.0469. The van der Waals surface area contributed by atoms with Crippen molar-refractivity contribution in [3.05, 3.63) is 29.5 Å². The van der Waals surface area contributed by atoms with Crippen LogP contribution >= 0.6 is 11.3 Å². The highest BCUT2D eigenvalue weighted by Gasteiger charge is 2.09. The van der Waals surface area contributed by atoms with Gasteiger partial charge in [-0.3, -0.25) is 4.79 Å². The van der Waals surface area contributed by atoms with Crippen LogP contribution in [-0.2, 0) is 11.3 Å². The second kappa shape index (κ2) is 5.82. The molecule has 2 heterocycles. The normalized spacial score (nSPS) is 10.8. The Bertz CT molecular complexity index is 503. The molecule has 0 unspecified atom stereocenters. The van der Waals surface area contributed by atoms with E-state index in [1.54, 1.807) is 17.6 Å². The Balaban J connectivity index is 1.89. The van der Waals surface area contributed by atoms with Crippen molar-refractivity contribution in [1.82, 2.24) is 10.3 Å². The van der Waals surface area contributed by atoms with E-state index in [9.17, 15) is 4.79 Å². The van der Waals surface area contributed by atoms with Crippen LogP contribution in [0.5, 0.6) is 0 Å². The second-order valence-electron chi connectivity index (χ2n) is 4.50. The molecule has 96 valence electrons. The molecule has 0 radical (unpaired) electrons. The molecule has 5 heteroatoms. The van der Waals surface area contributed by atoms with Crippen LogP contribution < -0.4 is 5.32 Å². The molecule has 2 rings (SSSR count). The molecule has 0 aliphatic carbocycles. The largest absolute Gasteiger partial charge is 0.443 e. The molecule has 0 spiro atoms. The Morgan fingerprint density at radius 3 is 3.06 bits per heavy atom. The first-order valence-corrected chi connectivity index (χ1v) is 6.78. The number of oxazole rings is 1. The predicted octanol–water partition coefficient (Wildman–Crippen LogP) is 3.07. The molecule has 1 N–H and O–H groups in total. The summed E-state index contributed by atoms with van der Waals surface area (Å²) in [7, 11) is 0. The van der Waals surface area contributed by atoms with Gasteiger partial charge in [0.25, 0.3) is 0 Å². The first-order valence-electron chi connectivity index (χ1n) is 5.90. The van der Waals surface area contributed by atoms with E-state index in [-0.39, 0.29) is 5.91 Å². The monoisotopic (exact) mass is 264 g/mol. The Hall–Kier alpha value is -1.62. The molecule has 0 saturated heterocycles. The summed E-state index contributed by atoms with van der Waals surface area (Å²) in [5, 5.41) is 4.81. The second-order valence-corrected chi connectivity index (χ2v) is 5.44. The van der Waals surface area contributed by atoms with E-state index < -0.39 is 0 Å². The molecule has 0 aliphatic rings. The standard InChI is InChI=1S/C13H16N2O2S/c1-9(2)6-12(16)14-7-10-8-17-13(15-10)11-4-3-5-18-11/h3-5,8-9H,6-7H2,1-2H3,(H,14,16). The molecule has 2 aromatic rings. The van der Waals surface area contributed by atoms with Gasteiger partial charge in [0.15, 0.2) is 0 Å². The number of hydrogen-bond acceptors (Lipinski definition) is 4. The topological polar surface area (TPSA) is 55.1 Å². The van der Waals surface area contributed by atoms with Crippen molar-refractivity contribution in [2.75, 3.05) is 0 Å². The summed E-state index contributed by atoms with van der Waals surface area (Å²) in [6.07, 6.45) is 2.13. The fourth-order valence-electron chi connectivity index (χ4n) is 1.53. The lowest BCUT2D eigenvalue weighted by molar-refractivity contribution is -0.121. The Morgan fingerprint density at radius 1 is 1.56 bits per heavy atom. The number of carbonyl (C=O) groups excluding carboxylic acids is 1. The van der Waals surface area contributed by atoms with Crippen molar-refractivity contribution in [3.8, 4) is 10.8 Å². The highest BCUT2D eigenvalue weighted by molar-refractivity contribution is 7.13. The van der Waals surface area contributed by atoms with E-state index in [0.717, 1.165) is 10.6 Å². The fraction of sp³-hybridized carbons (Fsp3) is 0.385. The lowest BCUT2D eigenvalue weighted by Gasteiger charge is -2.04. The number of nitrogens with zero attached hydrogens (tertiary/aromatic N) is 1. The molecule has 0 aromatic carbocycles. The Morgan fingerprint density at radius 2 is 2.39 bits per heavy atom. The third kappa shape index (κ3) is 3.43. The number of aromatic nitrogens is 1. The lowest BCUT2D eigenvalue weighted by atomic mass is 10.1. The molecule has 18 heavy (non-hydrogen) atoms. The van der Waals surface area contributed by atoms with E-state index in [2.05, 4.69) is 10.3 Å². The summed E-state index contributed by atoms with van der Waals surface area (Å²) in [4.78, 5) is 16.8. The smallest absolute Gasteiger partial charge is 0.236 e. The van der Waals surface area contributed by atoms with Crippen LogP contribution in [0.2, 0.25) is 0 Å². The van der Waals surface area contributed by atoms with Gasteiger partial charge in [-0.1, -0.05) is 19.9 Å². The van der Waals surface area contributed by atoms with E-state index in [1.807, 2.05) is 31.4 Å². The van der Waals surface area contributed by atoms with E-state index >= 15 is 0 Å². The Labute approximate surface area is 110 Å². The van der Waals surface area contributed by atoms with E-state index in [4.69, 9.17) is 4.42 Å². The summed E-state index contributed by atoms with van der Waals surface area (Å²) < 4.78 is 5.37. The van der Waals surface area contributed by atoms with E-state index in [0.29, 0.717) is 24.8 Å². The molecular weight excluding hydrogens is 248 g/mol. The van der Waals surface area contributed by atoms with Crippen LogP contribution in [-0.4, -0.2) is 10.9 Å². The van der Waals surface area contributed by atoms with Gasteiger partial charge in [0.05, 0.1) is 17.1 Å². The summed E-state index contributed by atoms with van der Waals surface area (Å²) in [5.41, 5.74) is 0.746. The maximum Gasteiger partial charge on any atom is 0.236 e. The summed E-state index contributed by atoms with van der Waals surface area (Å²) in [6.45, 7) is 4.45. The van der Waals surface area contributed by atoms with Crippen LogP contribution in [0.4, 0.5) is 0 Å². The number of amides is 1. The van der Waals surface area contributed by atoms with Crippen LogP contribution in [0.15, 0.2) is 28.2 Å². The third-order valence-corrected chi connectivity index (χ3v) is 3.20. The first-order chi connectivity index (χ1) is 8.65. The third-order valence-electron chi connectivity index (χ3n) is 2.34. The fourth-order valence-corrected chi connectivity index (χ4v) is 2.19. The van der Waals surface area contributed by atoms with Gasteiger partial charge in [-0.15, -0.1) is 11.3 Å². The molecule has 0 fully saturated rings. The number of nitrogens with one attached hydrogen (secondary N) is 1. The van der Waals surface area contributed by atoms with Crippen molar-refractivity contribution in [3.63, 3.8) is 0 Å². The average molecular weight is 264 g/mol. The molecule has 0 atom stereocenters. The van der Waals surface area contributed by atoms with Gasteiger partial charge >= 0.3 is 0 Å². The van der Waals surface area contributed by atoms with Crippen molar-refractivity contribution in [1.29, 1.82) is 0 Å². The minimum Gasteiger partial charge on any atom is -0.443 e. The Kier molecular flexibility index (Phi) is 4.15. The van der Waals surface area contributed by atoms with Gasteiger partial charge < -0.3 is 9.73 Å². The average Bonchev–Trinajstić information content (AvgIpc) is 2.96. The SMILES string of the molecule is CC(C)CC(=O)NCc1coc(-c2cccs2)n1. The molecule has 4 nitrogen and oxygen atoms in total. The van der Waals surface area contributed by atoms with Crippen molar-refractivity contribution < 1.29 is 9.21 Å². The van der Waals surface area contributed by atoms with Gasteiger partial charge in [-0.25, -0.2) is 4.98 Å². The predicted molar refractivity (Wildman–Crippen MR) is 71.1 cm³/mol. The summed E-state index contributed by atoms with van der Waals surface area (Å²) in [6, 6.07) is 3.91. The number of rotatable bonds is 5. The van der Waals surface area contributed by atoms with Gasteiger partial charge in [-0.05, 0) is 17.4 Å². The van der Waals surface area contributed by atoms with Crippen LogP contribution in [0.1, 0.15) is 26.0 Å². The lowest BCUT2D eigenvalue weighted by Crippen LogP contribution is -2.24. The first kappa shape index (κ1) is 12.8. The van der Waals surface area contributed by atoms with Crippen molar-refractivity contribution >= 4 is 17.2 Å². The zero-order chi connectivity index (χ0) is 13.0. The number of hydrogen-bond donors (Lipinski definition) is 1. The van der Waals surface area contributed by atoms with Gasteiger partial charge in [0, 0.05) is 6.42 Å². The van der Waals surface area contributed by atoms with Crippen LogP contribution in [0, 0.1) is 5.92 Å². The molecule has 0 saturated carbocycles. The number of carbonyl (C=O) groups is 1. The van der Waals surface area contributed by atoms with Crippen molar-refractivity contribution in [2.24, 2.45) is 5.92 Å². The molecule has 1 amide bonds. The summed E-state index contributed by atoms with van der Waals surface area (Å²) in [5.74, 6) is 1.02. The highest BCUT2D eigenvalue weighted by atomic mass is 32.1. The number of thiophene rings is 1. The molecule has 0 aliphatic heterocycles. The molecule has 2 aromatic heterocycles. The van der Waals surface area contributed by atoms with E-state index in [1.165, 1.54) is 0 Å². The van der Waals surface area contributed by atoms with Gasteiger partial charge in [0.2, 0.25) is 11.8 Å². The zero-order valence-electron chi connectivity index (χ0n) is 10.5. The van der Waals surface area contributed by atoms with Crippen LogP contribution in [0.25, 0.3) is 10.8 Å². The molecular formula is C13H16N2O2S. The van der Waals surface area contributed by atoms with Crippen LogP contribution in [0.3, 0.4) is 0 Å². The zero-order valence-corrected chi connectivity index (χ0v) is 11.3.